The molecule has 2 aliphatic heterocycles. The first-order valence-electron chi connectivity index (χ1n) is 12.8. The van der Waals surface area contributed by atoms with Crippen LogP contribution < -0.4 is 5.32 Å². The van der Waals surface area contributed by atoms with E-state index in [2.05, 4.69) is 52.1 Å². The number of amides is 1. The van der Waals surface area contributed by atoms with Crippen LogP contribution in [-0.4, -0.2) is 55.3 Å². The van der Waals surface area contributed by atoms with E-state index in [1.54, 1.807) is 30.8 Å². The molecule has 2 aromatic carbocycles. The molecule has 216 valence electrons. The van der Waals surface area contributed by atoms with Crippen LogP contribution in [0, 0.1) is 0 Å². The van der Waals surface area contributed by atoms with Gasteiger partial charge >= 0.3 is 11.9 Å². The molecule has 4 aromatic rings. The maximum atomic E-state index is 12.1. The van der Waals surface area contributed by atoms with E-state index in [0.29, 0.717) is 34.4 Å². The summed E-state index contributed by atoms with van der Waals surface area (Å²) in [6, 6.07) is 11.1. The fourth-order valence-corrected chi connectivity index (χ4v) is 5.43. The van der Waals surface area contributed by atoms with Crippen LogP contribution in [0.3, 0.4) is 0 Å². The quantitative estimate of drug-likeness (QED) is 0.281. The maximum absolute atomic E-state index is 12.1. The van der Waals surface area contributed by atoms with Gasteiger partial charge in [0, 0.05) is 14.5 Å². The Hall–Kier alpha value is -3.81. The van der Waals surface area contributed by atoms with Crippen molar-refractivity contribution in [3.63, 3.8) is 0 Å². The number of imidazole rings is 2. The number of carbonyl (C=O) groups is 3. The second-order valence-corrected chi connectivity index (χ2v) is 11.1. The van der Waals surface area contributed by atoms with E-state index in [-0.39, 0.29) is 37.0 Å². The highest BCUT2D eigenvalue weighted by Gasteiger charge is 2.26. The van der Waals surface area contributed by atoms with Crippen molar-refractivity contribution in [3.05, 3.63) is 91.9 Å². The average molecular weight is 719 g/mol. The Morgan fingerprint density at radius 1 is 0.881 bits per heavy atom. The Labute approximate surface area is 262 Å². The number of hydrogen-bond donors (Lipinski definition) is 1. The van der Waals surface area contributed by atoms with E-state index in [4.69, 9.17) is 21.1 Å². The summed E-state index contributed by atoms with van der Waals surface area (Å²) < 4.78 is 15.3. The van der Waals surface area contributed by atoms with Gasteiger partial charge in [-0.25, -0.2) is 19.6 Å². The number of esters is 2. The van der Waals surface area contributed by atoms with E-state index in [0.717, 1.165) is 20.2 Å². The van der Waals surface area contributed by atoms with Crippen molar-refractivity contribution in [3.8, 4) is 11.4 Å². The molecular weight excluding hydrogens is 696 g/mol. The number of ether oxygens (including phenoxy) is 2. The van der Waals surface area contributed by atoms with Crippen LogP contribution >= 0.6 is 43.5 Å². The van der Waals surface area contributed by atoms with E-state index in [1.807, 2.05) is 34.9 Å². The molecule has 0 saturated carbocycles. The summed E-state index contributed by atoms with van der Waals surface area (Å²) in [7, 11) is 0. The van der Waals surface area contributed by atoms with Crippen LogP contribution in [0.4, 0.5) is 0 Å². The first-order valence-corrected chi connectivity index (χ1v) is 14.7. The SMILES string of the molecule is CCOC(=O)c1ncn2c1CN=C(Cl)c1cc(Br)ccc1-2.CCOC(=O)c1ncn2c1CNC(=O)c1cc(Br)ccc1-2. The van der Waals surface area contributed by atoms with Gasteiger partial charge in [-0.15, -0.1) is 0 Å². The van der Waals surface area contributed by atoms with Gasteiger partial charge in [0.1, 0.15) is 17.8 Å². The zero-order valence-electron chi connectivity index (χ0n) is 22.4. The molecule has 0 unspecified atom stereocenters. The Morgan fingerprint density at radius 2 is 1.40 bits per heavy atom. The highest BCUT2D eigenvalue weighted by molar-refractivity contribution is 9.10. The summed E-state index contributed by atoms with van der Waals surface area (Å²) in [5.74, 6) is -1.12. The number of benzene rings is 2. The number of rotatable bonds is 4. The Kier molecular flexibility index (Phi) is 8.90. The summed E-state index contributed by atoms with van der Waals surface area (Å²) in [4.78, 5) is 48.6. The molecule has 0 atom stereocenters. The van der Waals surface area contributed by atoms with Gasteiger partial charge in [0.05, 0.1) is 54.6 Å². The fraction of sp³-hybridized carbons (Fsp3) is 0.214. The van der Waals surface area contributed by atoms with E-state index in [9.17, 15) is 14.4 Å². The third-order valence-electron chi connectivity index (χ3n) is 6.36. The number of nitrogens with zero attached hydrogens (tertiary/aromatic N) is 5. The molecule has 1 N–H and O–H groups in total. The van der Waals surface area contributed by atoms with Crippen LogP contribution in [0.25, 0.3) is 11.4 Å². The molecule has 42 heavy (non-hydrogen) atoms. The van der Waals surface area contributed by atoms with Crippen molar-refractivity contribution in [2.45, 2.75) is 26.9 Å². The molecule has 2 aromatic heterocycles. The predicted octanol–water partition coefficient (Wildman–Crippen LogP) is 5.37. The molecule has 11 nitrogen and oxygen atoms in total. The van der Waals surface area contributed by atoms with Gasteiger partial charge in [-0.1, -0.05) is 43.5 Å². The topological polar surface area (TPSA) is 130 Å². The number of nitrogens with one attached hydrogen (secondary N) is 1. The summed E-state index contributed by atoms with van der Waals surface area (Å²) in [6.07, 6.45) is 3.13. The zero-order chi connectivity index (χ0) is 30.0. The van der Waals surface area contributed by atoms with Gasteiger partial charge in [0.15, 0.2) is 11.4 Å². The standard InChI is InChI=1S/C14H11BrClN3O2.C14H12BrN3O3/c1-2-21-14(20)12-11-6-17-13(16)9-5-8(15)3-4-10(9)19(11)7-18-12;1-2-21-14(20)12-11-6-16-13(19)9-5-8(15)3-4-10(9)18(11)7-17-12/h3-5,7H,2,6H2,1H3;3-5,7H,2,6H2,1H3,(H,16,19). The Balaban J connectivity index is 0.000000168. The van der Waals surface area contributed by atoms with Crippen LogP contribution in [0.1, 0.15) is 62.1 Å². The summed E-state index contributed by atoms with van der Waals surface area (Å²) in [5.41, 5.74) is 4.63. The van der Waals surface area contributed by atoms with Gasteiger partial charge < -0.3 is 14.8 Å². The van der Waals surface area contributed by atoms with Crippen LogP contribution in [0.5, 0.6) is 0 Å². The largest absolute Gasteiger partial charge is 0.461 e. The lowest BCUT2D eigenvalue weighted by Gasteiger charge is -2.09. The van der Waals surface area contributed by atoms with E-state index >= 15 is 0 Å². The normalized spacial score (nSPS) is 13.0. The maximum Gasteiger partial charge on any atom is 0.358 e. The lowest BCUT2D eigenvalue weighted by molar-refractivity contribution is 0.0509. The molecule has 0 aliphatic carbocycles. The van der Waals surface area contributed by atoms with Crippen molar-refractivity contribution in [2.75, 3.05) is 13.2 Å². The minimum atomic E-state index is -0.485. The van der Waals surface area contributed by atoms with Gasteiger partial charge in [0.25, 0.3) is 5.91 Å². The molecule has 0 fully saturated rings. The number of aromatic nitrogens is 4. The van der Waals surface area contributed by atoms with Crippen LogP contribution in [0.15, 0.2) is 63.0 Å². The fourth-order valence-electron chi connectivity index (χ4n) is 4.50. The molecule has 14 heteroatoms. The molecule has 0 saturated heterocycles. The molecule has 4 heterocycles. The number of hydrogen-bond acceptors (Lipinski definition) is 8. The first-order chi connectivity index (χ1) is 20.2. The second-order valence-electron chi connectivity index (χ2n) is 8.87. The smallest absolute Gasteiger partial charge is 0.358 e. The predicted molar refractivity (Wildman–Crippen MR) is 162 cm³/mol. The van der Waals surface area contributed by atoms with Crippen molar-refractivity contribution < 1.29 is 23.9 Å². The van der Waals surface area contributed by atoms with Crippen molar-refractivity contribution >= 4 is 66.5 Å². The summed E-state index contributed by atoms with van der Waals surface area (Å²) in [5, 5.41) is 3.19. The van der Waals surface area contributed by atoms with Crippen LogP contribution in [-0.2, 0) is 22.6 Å². The second kappa shape index (κ2) is 12.6. The van der Waals surface area contributed by atoms with Gasteiger partial charge in [-0.2, -0.15) is 0 Å². The van der Waals surface area contributed by atoms with Gasteiger partial charge in [0.2, 0.25) is 0 Å². The third kappa shape index (κ3) is 5.76. The molecule has 1 amide bonds. The van der Waals surface area contributed by atoms with Gasteiger partial charge in [-0.05, 0) is 50.2 Å². The number of halogens is 3. The number of aliphatic imine (C=N–C) groups is 1. The molecular formula is C28H23Br2ClN6O5. The molecule has 0 radical (unpaired) electrons. The molecule has 6 rings (SSSR count). The average Bonchev–Trinajstić information content (AvgIpc) is 3.53. The zero-order valence-corrected chi connectivity index (χ0v) is 26.3. The minimum Gasteiger partial charge on any atom is -0.461 e. The summed E-state index contributed by atoms with van der Waals surface area (Å²) in [6.45, 7) is 4.58. The highest BCUT2D eigenvalue weighted by atomic mass is 79.9. The molecule has 0 spiro atoms. The van der Waals surface area contributed by atoms with Crippen molar-refractivity contribution in [1.29, 1.82) is 0 Å². The molecule has 0 bridgehead atoms. The first kappa shape index (κ1) is 29.7. The lowest BCUT2D eigenvalue weighted by Crippen LogP contribution is -2.22. The third-order valence-corrected chi connectivity index (χ3v) is 7.67. The van der Waals surface area contributed by atoms with Crippen molar-refractivity contribution in [1.82, 2.24) is 24.4 Å². The van der Waals surface area contributed by atoms with Crippen molar-refractivity contribution in [2.24, 2.45) is 4.99 Å². The number of fused-ring (bicyclic) bond motifs is 6. The molecule has 2 aliphatic rings. The van der Waals surface area contributed by atoms with E-state index < -0.39 is 11.9 Å². The lowest BCUT2D eigenvalue weighted by atomic mass is 10.1. The monoisotopic (exact) mass is 716 g/mol. The minimum absolute atomic E-state index is 0.190. The highest BCUT2D eigenvalue weighted by Crippen LogP contribution is 2.28. The summed E-state index contributed by atoms with van der Waals surface area (Å²) >= 11 is 13.0. The van der Waals surface area contributed by atoms with Gasteiger partial charge in [-0.3, -0.25) is 18.9 Å². The number of carbonyl (C=O) groups excluding carboxylic acids is 3. The van der Waals surface area contributed by atoms with Crippen LogP contribution in [0.2, 0.25) is 0 Å². The Morgan fingerprint density at radius 3 is 2.00 bits per heavy atom. The van der Waals surface area contributed by atoms with E-state index in [1.165, 1.54) is 6.33 Å². The Bertz CT molecular complexity index is 1740.